The molecular formula is C22H25ClFN5O2S. The topological polar surface area (TPSA) is 72.5 Å². The number of fused-ring (bicyclic) bond motifs is 1. The normalized spacial score (nSPS) is 26.4. The molecule has 0 unspecified atom stereocenters. The van der Waals surface area contributed by atoms with Crippen LogP contribution in [0.2, 0.25) is 5.02 Å². The van der Waals surface area contributed by atoms with Gasteiger partial charge in [-0.05, 0) is 56.2 Å². The first-order valence-electron chi connectivity index (χ1n) is 10.6. The highest BCUT2D eigenvalue weighted by Gasteiger charge is 2.55. The van der Waals surface area contributed by atoms with Crippen molar-refractivity contribution in [2.45, 2.75) is 37.9 Å². The van der Waals surface area contributed by atoms with E-state index in [1.165, 1.54) is 20.7 Å². The van der Waals surface area contributed by atoms with E-state index in [0.29, 0.717) is 43.2 Å². The Morgan fingerprint density at radius 2 is 2.09 bits per heavy atom. The number of H-pyrrole nitrogens is 1. The van der Waals surface area contributed by atoms with Crippen molar-refractivity contribution in [3.05, 3.63) is 59.0 Å². The number of hydrogen-bond acceptors (Lipinski definition) is 4. The highest BCUT2D eigenvalue weighted by atomic mass is 35.5. The van der Waals surface area contributed by atoms with Crippen molar-refractivity contribution in [2.24, 2.45) is 0 Å². The fourth-order valence-electron chi connectivity index (χ4n) is 5.22. The second-order valence-electron chi connectivity index (χ2n) is 8.87. The van der Waals surface area contributed by atoms with Crippen molar-refractivity contribution in [1.29, 1.82) is 0 Å². The lowest BCUT2D eigenvalue weighted by Crippen LogP contribution is -2.57. The zero-order chi connectivity index (χ0) is 22.7. The summed E-state index contributed by atoms with van der Waals surface area (Å²) < 4.78 is 43.2. The van der Waals surface area contributed by atoms with E-state index in [4.69, 9.17) is 11.6 Å². The maximum atomic E-state index is 14.0. The molecule has 1 N–H and O–H groups in total. The van der Waals surface area contributed by atoms with Crippen molar-refractivity contribution < 1.29 is 12.8 Å². The minimum absolute atomic E-state index is 0.104. The second-order valence-corrected chi connectivity index (χ2v) is 11.2. The second kappa shape index (κ2) is 7.69. The molecule has 3 aromatic rings. The Hall–Kier alpha value is -2.20. The largest absolute Gasteiger partial charge is 0.304 e. The Bertz CT molecular complexity index is 1280. The Labute approximate surface area is 191 Å². The third kappa shape index (κ3) is 3.48. The molecule has 32 heavy (non-hydrogen) atoms. The average molecular weight is 478 g/mol. The molecule has 10 heteroatoms. The van der Waals surface area contributed by atoms with Crippen LogP contribution in [0.3, 0.4) is 0 Å². The van der Waals surface area contributed by atoms with E-state index in [1.807, 2.05) is 18.2 Å². The smallest absolute Gasteiger partial charge is 0.295 e. The maximum Gasteiger partial charge on any atom is 0.304 e. The van der Waals surface area contributed by atoms with E-state index < -0.39 is 21.6 Å². The number of likely N-dealkylation sites (tertiary alicyclic amines) is 1. The zero-order valence-corrected chi connectivity index (χ0v) is 19.5. The number of hydrogen-bond donors (Lipinski definition) is 1. The number of aromatic amines is 1. The molecule has 2 aromatic carbocycles. The molecule has 0 saturated carbocycles. The molecule has 0 aliphatic carbocycles. The van der Waals surface area contributed by atoms with Gasteiger partial charge in [0.1, 0.15) is 5.82 Å². The Morgan fingerprint density at radius 3 is 2.84 bits per heavy atom. The molecule has 2 atom stereocenters. The summed E-state index contributed by atoms with van der Waals surface area (Å²) in [5.74, 6) is -0.447. The molecule has 2 fully saturated rings. The van der Waals surface area contributed by atoms with Gasteiger partial charge in [-0.2, -0.15) is 17.8 Å². The molecular weight excluding hydrogens is 453 g/mol. The standard InChI is InChI=1S/C22H25ClFN5O2S/c1-15-12-22(14-27(2)32(30,31)29(22)18-5-3-4-17(24)11-18)8-9-28(15)13-21-19-10-16(23)6-7-20(19)25-26-21/h3-7,10-11,15H,8-9,12-14H2,1-2H3,(H,25,26)/t15-,22+/m0/s1. The van der Waals surface area contributed by atoms with E-state index in [0.717, 1.165) is 16.6 Å². The molecule has 1 aromatic heterocycles. The monoisotopic (exact) mass is 477 g/mol. The number of halogens is 2. The highest BCUT2D eigenvalue weighted by Crippen LogP contribution is 2.44. The minimum atomic E-state index is -3.72. The van der Waals surface area contributed by atoms with Crippen LogP contribution in [0.5, 0.6) is 0 Å². The van der Waals surface area contributed by atoms with Crippen molar-refractivity contribution in [1.82, 2.24) is 19.4 Å². The van der Waals surface area contributed by atoms with Gasteiger partial charge in [-0.3, -0.25) is 14.3 Å². The number of benzene rings is 2. The Kier molecular flexibility index (Phi) is 5.20. The predicted octanol–water partition coefficient (Wildman–Crippen LogP) is 3.78. The zero-order valence-electron chi connectivity index (χ0n) is 17.9. The molecule has 170 valence electrons. The first-order chi connectivity index (χ1) is 15.2. The SMILES string of the molecule is C[C@H]1C[C@]2(CCN1Cc1n[nH]c3ccc(Cl)cc13)CN(C)S(=O)(=O)N2c1cccc(F)c1. The van der Waals surface area contributed by atoms with Crippen molar-refractivity contribution >= 4 is 38.4 Å². The number of aromatic nitrogens is 2. The first-order valence-corrected chi connectivity index (χ1v) is 12.4. The molecule has 0 bridgehead atoms. The van der Waals surface area contributed by atoms with Crippen LogP contribution < -0.4 is 4.31 Å². The van der Waals surface area contributed by atoms with Crippen LogP contribution in [-0.4, -0.2) is 59.5 Å². The van der Waals surface area contributed by atoms with Crippen LogP contribution in [0, 0.1) is 5.82 Å². The lowest BCUT2D eigenvalue weighted by Gasteiger charge is -2.46. The van der Waals surface area contributed by atoms with E-state index >= 15 is 0 Å². The molecule has 7 nitrogen and oxygen atoms in total. The summed E-state index contributed by atoms with van der Waals surface area (Å²) in [5.41, 5.74) is 1.62. The van der Waals surface area contributed by atoms with Gasteiger partial charge in [-0.1, -0.05) is 17.7 Å². The number of nitrogens with one attached hydrogen (secondary N) is 1. The minimum Gasteiger partial charge on any atom is -0.295 e. The summed E-state index contributed by atoms with van der Waals surface area (Å²) in [6.45, 7) is 3.83. The van der Waals surface area contributed by atoms with Crippen LogP contribution in [0.1, 0.15) is 25.5 Å². The maximum absolute atomic E-state index is 14.0. The molecule has 2 aliphatic rings. The van der Waals surface area contributed by atoms with E-state index in [1.54, 1.807) is 19.2 Å². The van der Waals surface area contributed by atoms with Crippen LogP contribution in [-0.2, 0) is 16.8 Å². The van der Waals surface area contributed by atoms with Gasteiger partial charge in [0.05, 0.1) is 22.4 Å². The summed E-state index contributed by atoms with van der Waals surface area (Å²) >= 11 is 6.18. The summed E-state index contributed by atoms with van der Waals surface area (Å²) in [7, 11) is -2.13. The van der Waals surface area contributed by atoms with E-state index in [2.05, 4.69) is 22.0 Å². The molecule has 1 spiro atoms. The predicted molar refractivity (Wildman–Crippen MR) is 123 cm³/mol. The van der Waals surface area contributed by atoms with Gasteiger partial charge < -0.3 is 0 Å². The molecule has 3 heterocycles. The van der Waals surface area contributed by atoms with E-state index in [9.17, 15) is 12.8 Å². The number of anilines is 1. The summed E-state index contributed by atoms with van der Waals surface area (Å²) in [5, 5.41) is 9.19. The Morgan fingerprint density at radius 1 is 1.28 bits per heavy atom. The summed E-state index contributed by atoms with van der Waals surface area (Å²) in [6, 6.07) is 11.6. The van der Waals surface area contributed by atoms with Crippen molar-refractivity contribution in [2.75, 3.05) is 24.4 Å². The average Bonchev–Trinajstić information content (AvgIpc) is 3.19. The highest BCUT2D eigenvalue weighted by molar-refractivity contribution is 7.90. The fraction of sp³-hybridized carbons (Fsp3) is 0.409. The first kappa shape index (κ1) is 21.6. The molecule has 5 rings (SSSR count). The van der Waals surface area contributed by atoms with Gasteiger partial charge >= 0.3 is 10.2 Å². The van der Waals surface area contributed by atoms with E-state index in [-0.39, 0.29) is 6.04 Å². The number of piperidine rings is 1. The van der Waals surface area contributed by atoms with Gasteiger partial charge in [0.25, 0.3) is 0 Å². The molecule has 2 saturated heterocycles. The van der Waals surface area contributed by atoms with Crippen molar-refractivity contribution in [3.63, 3.8) is 0 Å². The van der Waals surface area contributed by atoms with Gasteiger partial charge in [-0.25, -0.2) is 4.39 Å². The van der Waals surface area contributed by atoms with Crippen LogP contribution in [0.4, 0.5) is 10.1 Å². The third-order valence-electron chi connectivity index (χ3n) is 6.73. The van der Waals surface area contributed by atoms with Gasteiger partial charge in [-0.15, -0.1) is 0 Å². The van der Waals surface area contributed by atoms with Crippen LogP contribution in [0.15, 0.2) is 42.5 Å². The quantitative estimate of drug-likeness (QED) is 0.623. The van der Waals surface area contributed by atoms with Gasteiger partial charge in [0, 0.05) is 43.1 Å². The molecule has 0 amide bonds. The van der Waals surface area contributed by atoms with Crippen molar-refractivity contribution in [3.8, 4) is 0 Å². The van der Waals surface area contributed by atoms with Gasteiger partial charge in [0.2, 0.25) is 0 Å². The number of nitrogens with zero attached hydrogens (tertiary/aromatic N) is 4. The summed E-state index contributed by atoms with van der Waals surface area (Å²) in [4.78, 5) is 2.32. The fourth-order valence-corrected chi connectivity index (χ4v) is 7.17. The lowest BCUT2D eigenvalue weighted by molar-refractivity contribution is 0.0996. The van der Waals surface area contributed by atoms with Crippen LogP contribution in [0.25, 0.3) is 10.9 Å². The lowest BCUT2D eigenvalue weighted by atomic mass is 9.82. The third-order valence-corrected chi connectivity index (χ3v) is 8.95. The van der Waals surface area contributed by atoms with Crippen LogP contribution >= 0.6 is 11.6 Å². The van der Waals surface area contributed by atoms with Gasteiger partial charge in [0.15, 0.2) is 0 Å². The summed E-state index contributed by atoms with van der Waals surface area (Å²) in [6.07, 6.45) is 1.27. The molecule has 2 aliphatic heterocycles. The number of likely N-dealkylation sites (N-methyl/N-ethyl adjacent to an activating group) is 1. The molecule has 0 radical (unpaired) electrons. The Balaban J connectivity index is 1.43. The number of rotatable bonds is 3.